The Morgan fingerprint density at radius 1 is 0.735 bits per heavy atom. The van der Waals surface area contributed by atoms with E-state index in [1.807, 2.05) is 0 Å². The first-order chi connectivity index (χ1) is 16.1. The van der Waals surface area contributed by atoms with Crippen molar-refractivity contribution < 1.29 is 24.1 Å². The van der Waals surface area contributed by atoms with Crippen LogP contribution in [0.25, 0.3) is 27.9 Å². The van der Waals surface area contributed by atoms with Gasteiger partial charge >= 0.3 is 17.1 Å². The zero-order valence-corrected chi connectivity index (χ0v) is 16.4. The van der Waals surface area contributed by atoms with E-state index in [-0.39, 0.29) is 22.6 Å². The number of hydrogen-bond acceptors (Lipinski definition) is 11. The molecule has 4 rings (SSSR count). The molecule has 170 valence electrons. The minimum atomic E-state index is -1.45. The number of nitro groups is 4. The van der Waals surface area contributed by atoms with E-state index in [1.165, 1.54) is 12.1 Å². The second-order valence-corrected chi connectivity index (χ2v) is 6.62. The van der Waals surface area contributed by atoms with Crippen molar-refractivity contribution in [1.82, 2.24) is 9.78 Å². The van der Waals surface area contributed by atoms with Gasteiger partial charge in [-0.2, -0.15) is 0 Å². The fourth-order valence-electron chi connectivity index (χ4n) is 3.28. The average molecular weight is 468 g/mol. The Kier molecular flexibility index (Phi) is 5.01. The summed E-state index contributed by atoms with van der Waals surface area (Å²) in [6.07, 6.45) is 0. The summed E-state index contributed by atoms with van der Waals surface area (Å²) in [5.74, 6) is -0.909. The third-order valence-electron chi connectivity index (χ3n) is 4.72. The van der Waals surface area contributed by atoms with E-state index in [0.717, 1.165) is 41.1 Å². The molecule has 0 saturated heterocycles. The fraction of sp³-hybridized carbons (Fsp3) is 0. The maximum absolute atomic E-state index is 12.5. The zero-order chi connectivity index (χ0) is 24.7. The molecular formula is C18H8N6O10. The lowest BCUT2D eigenvalue weighted by molar-refractivity contribution is -0.389. The van der Waals surface area contributed by atoms with Gasteiger partial charge in [0.05, 0.1) is 31.1 Å². The topological polar surface area (TPSA) is 221 Å². The van der Waals surface area contributed by atoms with Crippen LogP contribution >= 0.6 is 0 Å². The summed E-state index contributed by atoms with van der Waals surface area (Å²) in [5.41, 5.74) is -4.39. The summed E-state index contributed by atoms with van der Waals surface area (Å²) >= 11 is 0. The molecule has 0 spiro atoms. The predicted octanol–water partition coefficient (Wildman–Crippen LogP) is 3.28. The molecule has 0 unspecified atom stereocenters. The molecule has 4 aromatic rings. The highest BCUT2D eigenvalue weighted by molar-refractivity contribution is 6.02. The van der Waals surface area contributed by atoms with Gasteiger partial charge in [-0.1, -0.05) is 0 Å². The molecule has 0 aliphatic heterocycles. The van der Waals surface area contributed by atoms with E-state index in [4.69, 9.17) is 4.42 Å². The molecule has 34 heavy (non-hydrogen) atoms. The van der Waals surface area contributed by atoms with Crippen LogP contribution in [0.15, 0.2) is 57.7 Å². The van der Waals surface area contributed by atoms with E-state index in [2.05, 4.69) is 5.10 Å². The average Bonchev–Trinajstić information content (AvgIpc) is 3.17. The van der Waals surface area contributed by atoms with Crippen molar-refractivity contribution in [2.24, 2.45) is 0 Å². The molecule has 0 amide bonds. The first-order valence-electron chi connectivity index (χ1n) is 8.98. The summed E-state index contributed by atoms with van der Waals surface area (Å²) < 4.78 is 5.83. The zero-order valence-electron chi connectivity index (χ0n) is 16.4. The van der Waals surface area contributed by atoms with Gasteiger partial charge in [0, 0.05) is 24.3 Å². The summed E-state index contributed by atoms with van der Waals surface area (Å²) in [6.45, 7) is 0. The molecule has 0 N–H and O–H groups in total. The Bertz CT molecular complexity index is 1570. The predicted molar refractivity (Wildman–Crippen MR) is 112 cm³/mol. The highest BCUT2D eigenvalue weighted by atomic mass is 16.6. The van der Waals surface area contributed by atoms with Gasteiger partial charge in [-0.15, -0.1) is 4.68 Å². The first kappa shape index (κ1) is 21.7. The maximum atomic E-state index is 12.5. The second-order valence-electron chi connectivity index (χ2n) is 6.62. The normalized spacial score (nSPS) is 10.8. The number of nitrogens with zero attached hydrogens (tertiary/aromatic N) is 6. The standard InChI is InChI=1S/C18H8N6O10/c25-18-15(23(30)31)13(9-1-3-11(4-2-9)21(26)27)14-16(24(32)33)19-20(17(14)34-18)10-5-7-12(8-6-10)22(28)29/h1-8H. The largest absolute Gasteiger partial charge is 0.417 e. The summed E-state index contributed by atoms with van der Waals surface area (Å²) in [5, 5.41) is 48.6. The fourth-order valence-corrected chi connectivity index (χ4v) is 3.28. The van der Waals surface area contributed by atoms with Crippen molar-refractivity contribution >= 4 is 34.0 Å². The van der Waals surface area contributed by atoms with Gasteiger partial charge in [0.25, 0.3) is 17.1 Å². The quantitative estimate of drug-likeness (QED) is 0.295. The molecule has 0 fully saturated rings. The lowest BCUT2D eigenvalue weighted by atomic mass is 10.0. The molecule has 0 radical (unpaired) electrons. The minimum Gasteiger partial charge on any atom is -0.396 e. The lowest BCUT2D eigenvalue weighted by Gasteiger charge is -2.04. The van der Waals surface area contributed by atoms with E-state index < -0.39 is 53.5 Å². The Hall–Kier alpha value is -5.54. The Morgan fingerprint density at radius 3 is 1.74 bits per heavy atom. The van der Waals surface area contributed by atoms with E-state index >= 15 is 0 Å². The molecule has 2 aromatic heterocycles. The number of non-ortho nitro benzene ring substituents is 2. The second kappa shape index (κ2) is 7.86. The Morgan fingerprint density at radius 2 is 1.26 bits per heavy atom. The van der Waals surface area contributed by atoms with Crippen molar-refractivity contribution in [3.8, 4) is 16.8 Å². The molecule has 0 aliphatic carbocycles. The smallest absolute Gasteiger partial charge is 0.396 e. The van der Waals surface area contributed by atoms with Crippen LogP contribution in [0, 0.1) is 40.5 Å². The van der Waals surface area contributed by atoms with Gasteiger partial charge < -0.3 is 14.5 Å². The van der Waals surface area contributed by atoms with Crippen molar-refractivity contribution in [2.75, 3.05) is 0 Å². The molecule has 0 saturated carbocycles. The van der Waals surface area contributed by atoms with Crippen LogP contribution in [0.3, 0.4) is 0 Å². The third-order valence-corrected chi connectivity index (χ3v) is 4.72. The van der Waals surface area contributed by atoms with Crippen LogP contribution in [0.5, 0.6) is 0 Å². The number of nitro benzene ring substituents is 2. The highest BCUT2D eigenvalue weighted by Crippen LogP contribution is 2.40. The van der Waals surface area contributed by atoms with Crippen LogP contribution in [-0.2, 0) is 0 Å². The molecule has 0 bridgehead atoms. The minimum absolute atomic E-state index is 0.0235. The highest BCUT2D eigenvalue weighted by Gasteiger charge is 2.36. The van der Waals surface area contributed by atoms with Gasteiger partial charge in [-0.05, 0) is 34.8 Å². The van der Waals surface area contributed by atoms with Crippen molar-refractivity contribution in [1.29, 1.82) is 0 Å². The summed E-state index contributed by atoms with van der Waals surface area (Å²) in [6, 6.07) is 8.71. The number of fused-ring (bicyclic) bond motifs is 1. The van der Waals surface area contributed by atoms with Crippen molar-refractivity contribution in [3.63, 3.8) is 0 Å². The van der Waals surface area contributed by atoms with Crippen LogP contribution in [0.1, 0.15) is 0 Å². The molecule has 16 nitrogen and oxygen atoms in total. The van der Waals surface area contributed by atoms with E-state index in [1.54, 1.807) is 0 Å². The molecule has 2 aromatic carbocycles. The van der Waals surface area contributed by atoms with Crippen molar-refractivity contribution in [3.05, 3.63) is 99.4 Å². The van der Waals surface area contributed by atoms with Gasteiger partial charge in [0.2, 0.25) is 0 Å². The number of benzene rings is 2. The van der Waals surface area contributed by atoms with Gasteiger partial charge in [-0.25, -0.2) is 4.79 Å². The van der Waals surface area contributed by atoms with Crippen LogP contribution in [0.2, 0.25) is 0 Å². The first-order valence-corrected chi connectivity index (χ1v) is 8.98. The number of aromatic nitrogens is 2. The SMILES string of the molecule is O=c1oc2c(c([N+](=O)[O-])nn2-c2ccc([N+](=O)[O-])cc2)c(-c2ccc([N+](=O)[O-])cc2)c1[N+](=O)[O-]. The lowest BCUT2D eigenvalue weighted by Crippen LogP contribution is -2.10. The summed E-state index contributed by atoms with van der Waals surface area (Å²) in [7, 11) is 0. The Balaban J connectivity index is 2.11. The van der Waals surface area contributed by atoms with Crippen LogP contribution in [-0.4, -0.2) is 29.5 Å². The third kappa shape index (κ3) is 3.45. The van der Waals surface area contributed by atoms with Gasteiger partial charge in [0.1, 0.15) is 0 Å². The maximum Gasteiger partial charge on any atom is 0.417 e. The van der Waals surface area contributed by atoms with E-state index in [9.17, 15) is 45.3 Å². The van der Waals surface area contributed by atoms with Crippen LogP contribution in [0.4, 0.5) is 22.9 Å². The molecule has 0 aliphatic rings. The molecular weight excluding hydrogens is 460 g/mol. The van der Waals surface area contributed by atoms with Crippen LogP contribution < -0.4 is 5.63 Å². The van der Waals surface area contributed by atoms with Gasteiger partial charge in [0.15, 0.2) is 5.39 Å². The number of hydrogen-bond donors (Lipinski definition) is 0. The molecule has 0 atom stereocenters. The van der Waals surface area contributed by atoms with E-state index in [0.29, 0.717) is 0 Å². The molecule has 16 heteroatoms. The van der Waals surface area contributed by atoms with Gasteiger partial charge in [-0.3, -0.25) is 30.3 Å². The molecule has 2 heterocycles. The van der Waals surface area contributed by atoms with Crippen molar-refractivity contribution in [2.45, 2.75) is 0 Å². The Labute approximate surface area is 184 Å². The monoisotopic (exact) mass is 468 g/mol. The summed E-state index contributed by atoms with van der Waals surface area (Å²) in [4.78, 5) is 54.4. The number of rotatable bonds is 6.